The van der Waals surface area contributed by atoms with Crippen LogP contribution in [0.2, 0.25) is 0 Å². The zero-order valence-corrected chi connectivity index (χ0v) is 8.04. The molecule has 1 aliphatic rings. The van der Waals surface area contributed by atoms with Crippen LogP contribution in [0.5, 0.6) is 0 Å². The van der Waals surface area contributed by atoms with Crippen molar-refractivity contribution < 1.29 is 13.2 Å². The molecular weight excluding hydrogens is 188 g/mol. The molecule has 1 unspecified atom stereocenters. The molecule has 3 nitrogen and oxygen atoms in total. The molecule has 0 saturated heterocycles. The molecule has 1 aliphatic heterocycles. The van der Waals surface area contributed by atoms with Crippen molar-refractivity contribution in [1.29, 1.82) is 0 Å². The lowest BCUT2D eigenvalue weighted by molar-refractivity contribution is 0.168. The summed E-state index contributed by atoms with van der Waals surface area (Å²) in [6.45, 7) is 0. The Hall–Kier alpha value is -0.870. The first-order valence-corrected chi connectivity index (χ1v) is 5.69. The fraction of sp³-hybridized carbons (Fsp3) is 0.333. The van der Waals surface area contributed by atoms with Crippen LogP contribution in [-0.4, -0.2) is 15.5 Å². The lowest BCUT2D eigenvalue weighted by Gasteiger charge is -2.07. The summed E-state index contributed by atoms with van der Waals surface area (Å²) in [4.78, 5) is 0. The number of hydrogen-bond donors (Lipinski definition) is 0. The highest BCUT2D eigenvalue weighted by atomic mass is 32.2. The summed E-state index contributed by atoms with van der Waals surface area (Å²) in [5.74, 6) is 0.0989. The second-order valence-corrected chi connectivity index (χ2v) is 5.12. The molecular formula is C9H10O3S. The van der Waals surface area contributed by atoms with Crippen LogP contribution >= 0.6 is 0 Å². The summed E-state index contributed by atoms with van der Waals surface area (Å²) in [5.41, 5.74) is 0.878. The summed E-state index contributed by atoms with van der Waals surface area (Å²) < 4.78 is 28.0. The Labute approximate surface area is 77.3 Å². The number of sulfone groups is 1. The Morgan fingerprint density at radius 1 is 1.38 bits per heavy atom. The predicted octanol–water partition coefficient (Wildman–Crippen LogP) is 1.26. The molecule has 0 aromatic heterocycles. The Morgan fingerprint density at radius 3 is 2.77 bits per heavy atom. The highest BCUT2D eigenvalue weighted by Gasteiger charge is 2.36. The van der Waals surface area contributed by atoms with Gasteiger partial charge in [-0.25, -0.2) is 8.42 Å². The second-order valence-electron chi connectivity index (χ2n) is 3.07. The van der Waals surface area contributed by atoms with Gasteiger partial charge in [0.25, 0.3) is 0 Å². The van der Waals surface area contributed by atoms with Gasteiger partial charge in [0.2, 0.25) is 0 Å². The van der Waals surface area contributed by atoms with E-state index in [1.165, 1.54) is 7.11 Å². The van der Waals surface area contributed by atoms with Crippen LogP contribution < -0.4 is 0 Å². The fourth-order valence-electron chi connectivity index (χ4n) is 1.66. The molecule has 0 bridgehead atoms. The smallest absolute Gasteiger partial charge is 0.185 e. The van der Waals surface area contributed by atoms with E-state index in [1.54, 1.807) is 6.07 Å². The number of hydrogen-bond acceptors (Lipinski definition) is 3. The minimum absolute atomic E-state index is 0.0989. The largest absolute Gasteiger partial charge is 0.361 e. The zero-order chi connectivity index (χ0) is 9.47. The van der Waals surface area contributed by atoms with E-state index >= 15 is 0 Å². The maximum atomic E-state index is 11.5. The summed E-state index contributed by atoms with van der Waals surface area (Å²) in [6.07, 6.45) is 0. The highest BCUT2D eigenvalue weighted by Crippen LogP contribution is 2.36. The van der Waals surface area contributed by atoms with Gasteiger partial charge in [-0.1, -0.05) is 24.3 Å². The second kappa shape index (κ2) is 2.82. The Kier molecular flexibility index (Phi) is 1.89. The first kappa shape index (κ1) is 8.72. The Morgan fingerprint density at radius 2 is 2.08 bits per heavy atom. The van der Waals surface area contributed by atoms with E-state index in [-0.39, 0.29) is 5.75 Å². The Bertz CT molecular complexity index is 422. The van der Waals surface area contributed by atoms with Crippen molar-refractivity contribution in [2.24, 2.45) is 0 Å². The number of rotatable bonds is 1. The summed E-state index contributed by atoms with van der Waals surface area (Å²) in [6, 6.07) is 7.29. The molecule has 1 aromatic carbocycles. The van der Waals surface area contributed by atoms with Crippen molar-refractivity contribution in [3.63, 3.8) is 0 Å². The van der Waals surface area contributed by atoms with E-state index in [0.29, 0.717) is 0 Å². The number of fused-ring (bicyclic) bond motifs is 1. The monoisotopic (exact) mass is 198 g/mol. The van der Waals surface area contributed by atoms with Crippen LogP contribution in [0.15, 0.2) is 24.3 Å². The van der Waals surface area contributed by atoms with Crippen LogP contribution in [0.3, 0.4) is 0 Å². The van der Waals surface area contributed by atoms with Crippen LogP contribution in [0, 0.1) is 0 Å². The number of benzene rings is 1. The van der Waals surface area contributed by atoms with E-state index in [2.05, 4.69) is 0 Å². The van der Waals surface area contributed by atoms with Gasteiger partial charge in [0.15, 0.2) is 15.3 Å². The molecule has 1 atom stereocenters. The number of ether oxygens (including phenoxy) is 1. The van der Waals surface area contributed by atoms with Gasteiger partial charge in [0, 0.05) is 12.7 Å². The molecule has 70 valence electrons. The lowest BCUT2D eigenvalue weighted by atomic mass is 10.1. The van der Waals surface area contributed by atoms with Crippen LogP contribution in [0.4, 0.5) is 0 Å². The summed E-state index contributed by atoms with van der Waals surface area (Å²) in [7, 11) is -1.70. The van der Waals surface area contributed by atoms with Crippen molar-refractivity contribution in [1.82, 2.24) is 0 Å². The molecule has 0 amide bonds. The van der Waals surface area contributed by atoms with Gasteiger partial charge >= 0.3 is 0 Å². The van der Waals surface area contributed by atoms with Crippen molar-refractivity contribution in [3.8, 4) is 0 Å². The molecule has 4 heteroatoms. The van der Waals surface area contributed by atoms with Gasteiger partial charge in [-0.05, 0) is 5.56 Å². The third-order valence-electron chi connectivity index (χ3n) is 2.21. The SMILES string of the molecule is COC1c2ccccc2CS1(=O)=O. The first-order valence-electron chi connectivity index (χ1n) is 3.97. The van der Waals surface area contributed by atoms with Gasteiger partial charge < -0.3 is 4.74 Å². The van der Waals surface area contributed by atoms with Crippen molar-refractivity contribution in [2.45, 2.75) is 11.2 Å². The van der Waals surface area contributed by atoms with Gasteiger partial charge in [0.1, 0.15) is 0 Å². The molecule has 0 N–H and O–H groups in total. The molecule has 1 aromatic rings. The normalized spacial score (nSPS) is 24.2. The van der Waals surface area contributed by atoms with E-state index in [1.807, 2.05) is 18.2 Å². The fourth-order valence-corrected chi connectivity index (χ4v) is 3.41. The van der Waals surface area contributed by atoms with E-state index < -0.39 is 15.3 Å². The molecule has 1 heterocycles. The third-order valence-corrected chi connectivity index (χ3v) is 4.02. The quantitative estimate of drug-likeness (QED) is 0.682. The summed E-state index contributed by atoms with van der Waals surface area (Å²) >= 11 is 0. The average molecular weight is 198 g/mol. The Balaban J connectivity index is 2.59. The van der Waals surface area contributed by atoms with Crippen molar-refractivity contribution in [2.75, 3.05) is 7.11 Å². The highest BCUT2D eigenvalue weighted by molar-refractivity contribution is 7.91. The molecule has 0 spiro atoms. The lowest BCUT2D eigenvalue weighted by Crippen LogP contribution is -2.08. The molecule has 0 fully saturated rings. The van der Waals surface area contributed by atoms with Crippen molar-refractivity contribution >= 4 is 9.84 Å². The number of methoxy groups -OCH3 is 1. The van der Waals surface area contributed by atoms with Gasteiger partial charge in [-0.3, -0.25) is 0 Å². The maximum absolute atomic E-state index is 11.5. The maximum Gasteiger partial charge on any atom is 0.185 e. The predicted molar refractivity (Wildman–Crippen MR) is 48.8 cm³/mol. The topological polar surface area (TPSA) is 43.4 Å². The van der Waals surface area contributed by atoms with Gasteiger partial charge in [-0.15, -0.1) is 0 Å². The van der Waals surface area contributed by atoms with Crippen LogP contribution in [0.1, 0.15) is 16.6 Å². The minimum Gasteiger partial charge on any atom is -0.361 e. The molecule has 0 radical (unpaired) electrons. The zero-order valence-electron chi connectivity index (χ0n) is 7.23. The minimum atomic E-state index is -3.12. The van der Waals surface area contributed by atoms with Crippen molar-refractivity contribution in [3.05, 3.63) is 35.4 Å². The van der Waals surface area contributed by atoms with Gasteiger partial charge in [-0.2, -0.15) is 0 Å². The molecule has 0 aliphatic carbocycles. The van der Waals surface area contributed by atoms with Crippen LogP contribution in [-0.2, 0) is 20.3 Å². The third kappa shape index (κ3) is 1.26. The average Bonchev–Trinajstić information content (AvgIpc) is 2.33. The molecule has 0 saturated carbocycles. The van der Waals surface area contributed by atoms with Gasteiger partial charge in [0.05, 0.1) is 5.75 Å². The van der Waals surface area contributed by atoms with E-state index in [0.717, 1.165) is 11.1 Å². The van der Waals surface area contributed by atoms with E-state index in [4.69, 9.17) is 4.74 Å². The first-order chi connectivity index (χ1) is 6.15. The van der Waals surface area contributed by atoms with E-state index in [9.17, 15) is 8.42 Å². The summed E-state index contributed by atoms with van der Waals surface area (Å²) in [5, 5.41) is 0. The molecule has 13 heavy (non-hydrogen) atoms. The standard InChI is InChI=1S/C9H10O3S/c1-12-9-8-5-3-2-4-7(8)6-13(9,10)11/h2-5,9H,6H2,1H3. The van der Waals surface area contributed by atoms with Crippen LogP contribution in [0.25, 0.3) is 0 Å². The molecule has 2 rings (SSSR count).